The van der Waals surface area contributed by atoms with E-state index in [0.717, 1.165) is 51.4 Å². The highest BCUT2D eigenvalue weighted by atomic mass is 16.5. The third-order valence-corrected chi connectivity index (χ3v) is 5.52. The van der Waals surface area contributed by atoms with Crippen molar-refractivity contribution in [2.45, 2.75) is 31.8 Å². The lowest BCUT2D eigenvalue weighted by Crippen LogP contribution is -2.44. The zero-order valence-electron chi connectivity index (χ0n) is 15.1. The molecule has 0 bridgehead atoms. The SMILES string of the molecule is O=C(C1CC(=O)N(C2CC2)C1)N(CCN1CCOCC1)Cc1ccco1. The molecule has 142 valence electrons. The first-order valence-corrected chi connectivity index (χ1v) is 9.61. The molecule has 3 heterocycles. The van der Waals surface area contributed by atoms with Crippen LogP contribution in [0.3, 0.4) is 0 Å². The molecule has 3 aliphatic rings. The Kier molecular flexibility index (Phi) is 5.26. The zero-order valence-corrected chi connectivity index (χ0v) is 15.1. The molecule has 1 aromatic heterocycles. The van der Waals surface area contributed by atoms with Crippen LogP contribution in [0.1, 0.15) is 25.0 Å². The summed E-state index contributed by atoms with van der Waals surface area (Å²) >= 11 is 0. The van der Waals surface area contributed by atoms with Gasteiger partial charge in [0.2, 0.25) is 11.8 Å². The number of carbonyl (C=O) groups excluding carboxylic acids is 2. The molecular formula is C19H27N3O4. The molecule has 1 unspecified atom stereocenters. The standard InChI is InChI=1S/C19H27N3O4/c23-18-12-15(13-22(18)16-3-4-16)19(24)21(14-17-2-1-9-26-17)6-5-20-7-10-25-11-8-20/h1-2,9,15-16H,3-8,10-14H2. The summed E-state index contributed by atoms with van der Waals surface area (Å²) in [6, 6.07) is 4.12. The van der Waals surface area contributed by atoms with E-state index in [0.29, 0.717) is 32.1 Å². The van der Waals surface area contributed by atoms with Gasteiger partial charge in [0.25, 0.3) is 0 Å². The van der Waals surface area contributed by atoms with Crippen LogP contribution in [0.5, 0.6) is 0 Å². The minimum absolute atomic E-state index is 0.0751. The van der Waals surface area contributed by atoms with Gasteiger partial charge in [0.15, 0.2) is 0 Å². The number of ether oxygens (including phenoxy) is 1. The fourth-order valence-electron chi connectivity index (χ4n) is 3.84. The lowest BCUT2D eigenvalue weighted by atomic mass is 10.1. The Morgan fingerprint density at radius 3 is 2.77 bits per heavy atom. The Morgan fingerprint density at radius 2 is 2.08 bits per heavy atom. The van der Waals surface area contributed by atoms with E-state index in [-0.39, 0.29) is 17.7 Å². The summed E-state index contributed by atoms with van der Waals surface area (Å²) in [5.74, 6) is 0.773. The van der Waals surface area contributed by atoms with Crippen molar-refractivity contribution >= 4 is 11.8 Å². The maximum atomic E-state index is 13.1. The monoisotopic (exact) mass is 361 g/mol. The summed E-state index contributed by atoms with van der Waals surface area (Å²) in [4.78, 5) is 31.5. The fraction of sp³-hybridized carbons (Fsp3) is 0.684. The lowest BCUT2D eigenvalue weighted by molar-refractivity contribution is -0.137. The molecule has 0 N–H and O–H groups in total. The molecule has 1 aromatic rings. The maximum absolute atomic E-state index is 13.1. The number of hydrogen-bond acceptors (Lipinski definition) is 5. The predicted molar refractivity (Wildman–Crippen MR) is 94.2 cm³/mol. The molecule has 1 saturated carbocycles. The number of amides is 2. The highest BCUT2D eigenvalue weighted by Crippen LogP contribution is 2.33. The van der Waals surface area contributed by atoms with E-state index in [2.05, 4.69) is 4.90 Å². The summed E-state index contributed by atoms with van der Waals surface area (Å²) in [5.41, 5.74) is 0. The number of rotatable bonds is 7. The van der Waals surface area contributed by atoms with Gasteiger partial charge in [0.05, 0.1) is 31.9 Å². The molecule has 7 nitrogen and oxygen atoms in total. The number of likely N-dealkylation sites (tertiary alicyclic amines) is 1. The van der Waals surface area contributed by atoms with Crippen molar-refractivity contribution in [2.24, 2.45) is 5.92 Å². The van der Waals surface area contributed by atoms with E-state index in [1.54, 1.807) is 6.26 Å². The number of carbonyl (C=O) groups is 2. The van der Waals surface area contributed by atoms with Crippen molar-refractivity contribution in [3.05, 3.63) is 24.2 Å². The summed E-state index contributed by atoms with van der Waals surface area (Å²) < 4.78 is 10.8. The first-order valence-electron chi connectivity index (χ1n) is 9.61. The van der Waals surface area contributed by atoms with E-state index >= 15 is 0 Å². The highest BCUT2D eigenvalue weighted by molar-refractivity contribution is 5.89. The minimum Gasteiger partial charge on any atom is -0.467 e. The Labute approximate surface area is 153 Å². The second-order valence-corrected chi connectivity index (χ2v) is 7.47. The quantitative estimate of drug-likeness (QED) is 0.723. The summed E-state index contributed by atoms with van der Waals surface area (Å²) in [6.45, 7) is 5.81. The maximum Gasteiger partial charge on any atom is 0.228 e. The van der Waals surface area contributed by atoms with Crippen LogP contribution in [-0.4, -0.2) is 78.5 Å². The Hall–Kier alpha value is -1.86. The van der Waals surface area contributed by atoms with Crippen molar-refractivity contribution in [3.63, 3.8) is 0 Å². The molecule has 2 amide bonds. The van der Waals surface area contributed by atoms with E-state index in [1.165, 1.54) is 0 Å². The Bertz CT molecular complexity index is 623. The van der Waals surface area contributed by atoms with E-state index < -0.39 is 0 Å². The number of hydrogen-bond donors (Lipinski definition) is 0. The topological polar surface area (TPSA) is 66.2 Å². The third kappa shape index (κ3) is 4.10. The van der Waals surface area contributed by atoms with Gasteiger partial charge in [-0.3, -0.25) is 14.5 Å². The molecule has 2 aliphatic heterocycles. The second-order valence-electron chi connectivity index (χ2n) is 7.47. The van der Waals surface area contributed by atoms with Crippen LogP contribution in [0.25, 0.3) is 0 Å². The van der Waals surface area contributed by atoms with Crippen molar-refractivity contribution in [2.75, 3.05) is 45.9 Å². The second kappa shape index (κ2) is 7.80. The van der Waals surface area contributed by atoms with E-state index in [4.69, 9.17) is 9.15 Å². The fourth-order valence-corrected chi connectivity index (χ4v) is 3.84. The molecule has 0 aromatic carbocycles. The van der Waals surface area contributed by atoms with Crippen LogP contribution >= 0.6 is 0 Å². The molecule has 1 atom stereocenters. The van der Waals surface area contributed by atoms with Gasteiger partial charge in [-0.15, -0.1) is 0 Å². The summed E-state index contributed by atoms with van der Waals surface area (Å²) in [5, 5.41) is 0. The Balaban J connectivity index is 1.39. The molecule has 0 spiro atoms. The van der Waals surface area contributed by atoms with Gasteiger partial charge in [0, 0.05) is 45.2 Å². The summed E-state index contributed by atoms with van der Waals surface area (Å²) in [6.07, 6.45) is 4.15. The van der Waals surface area contributed by atoms with Crippen molar-refractivity contribution in [3.8, 4) is 0 Å². The van der Waals surface area contributed by atoms with Crippen LogP contribution in [0, 0.1) is 5.92 Å². The number of morpholine rings is 1. The first kappa shape index (κ1) is 17.5. The van der Waals surface area contributed by atoms with Crippen molar-refractivity contribution in [1.82, 2.24) is 14.7 Å². The molecule has 0 radical (unpaired) electrons. The molecule has 26 heavy (non-hydrogen) atoms. The predicted octanol–water partition coefficient (Wildman–Crippen LogP) is 0.951. The third-order valence-electron chi connectivity index (χ3n) is 5.52. The molecule has 3 fully saturated rings. The number of nitrogens with zero attached hydrogens (tertiary/aromatic N) is 3. The minimum atomic E-state index is -0.220. The van der Waals surface area contributed by atoms with Gasteiger partial charge >= 0.3 is 0 Å². The Morgan fingerprint density at radius 1 is 1.27 bits per heavy atom. The highest BCUT2D eigenvalue weighted by Gasteiger charge is 2.42. The van der Waals surface area contributed by atoms with Gasteiger partial charge in [-0.25, -0.2) is 0 Å². The smallest absolute Gasteiger partial charge is 0.228 e. The van der Waals surface area contributed by atoms with E-state index in [9.17, 15) is 9.59 Å². The normalized spacial score (nSPS) is 24.2. The van der Waals surface area contributed by atoms with Crippen LogP contribution < -0.4 is 0 Å². The molecular weight excluding hydrogens is 334 g/mol. The lowest BCUT2D eigenvalue weighted by Gasteiger charge is -2.30. The molecule has 1 aliphatic carbocycles. The van der Waals surface area contributed by atoms with Crippen molar-refractivity contribution in [1.29, 1.82) is 0 Å². The van der Waals surface area contributed by atoms with Gasteiger partial charge in [-0.05, 0) is 25.0 Å². The zero-order chi connectivity index (χ0) is 17.9. The van der Waals surface area contributed by atoms with Crippen LogP contribution in [0.4, 0.5) is 0 Å². The molecule has 7 heteroatoms. The van der Waals surface area contributed by atoms with Gasteiger partial charge in [0.1, 0.15) is 5.76 Å². The summed E-state index contributed by atoms with van der Waals surface area (Å²) in [7, 11) is 0. The molecule has 2 saturated heterocycles. The van der Waals surface area contributed by atoms with Crippen LogP contribution in [0.15, 0.2) is 22.8 Å². The van der Waals surface area contributed by atoms with Crippen LogP contribution in [-0.2, 0) is 20.9 Å². The largest absolute Gasteiger partial charge is 0.467 e. The average Bonchev–Trinajstić information content (AvgIpc) is 3.23. The number of furan rings is 1. The average molecular weight is 361 g/mol. The van der Waals surface area contributed by atoms with Gasteiger partial charge in [-0.1, -0.05) is 0 Å². The van der Waals surface area contributed by atoms with E-state index in [1.807, 2.05) is 21.9 Å². The molecule has 4 rings (SSSR count). The van der Waals surface area contributed by atoms with Gasteiger partial charge in [-0.2, -0.15) is 0 Å². The first-order chi connectivity index (χ1) is 12.7. The van der Waals surface area contributed by atoms with Crippen molar-refractivity contribution < 1.29 is 18.7 Å². The van der Waals surface area contributed by atoms with Crippen LogP contribution in [0.2, 0.25) is 0 Å². The van der Waals surface area contributed by atoms with Gasteiger partial charge < -0.3 is 19.0 Å².